The first-order chi connectivity index (χ1) is 13.4. The van der Waals surface area contributed by atoms with Crippen molar-refractivity contribution in [2.75, 3.05) is 13.2 Å². The predicted molar refractivity (Wildman–Crippen MR) is 96.6 cm³/mol. The van der Waals surface area contributed by atoms with Gasteiger partial charge in [-0.15, -0.1) is 0 Å². The Kier molecular flexibility index (Phi) is 7.27. The van der Waals surface area contributed by atoms with Gasteiger partial charge in [0.25, 0.3) is 0 Å². The molecule has 0 saturated heterocycles. The van der Waals surface area contributed by atoms with Gasteiger partial charge in [-0.1, -0.05) is 12.1 Å². The third kappa shape index (κ3) is 5.94. The fraction of sp³-hybridized carbons (Fsp3) is 0.200. The second-order valence-corrected chi connectivity index (χ2v) is 5.75. The quantitative estimate of drug-likeness (QED) is 0.497. The zero-order valence-corrected chi connectivity index (χ0v) is 14.8. The summed E-state index contributed by atoms with van der Waals surface area (Å²) >= 11 is 0. The fourth-order valence-electron chi connectivity index (χ4n) is 2.26. The minimum absolute atomic E-state index is 0.00618. The minimum atomic E-state index is -1.13. The van der Waals surface area contributed by atoms with E-state index in [1.165, 1.54) is 48.5 Å². The van der Waals surface area contributed by atoms with E-state index < -0.39 is 23.9 Å². The lowest BCUT2D eigenvalue weighted by atomic mass is 10.1. The first-order valence-corrected chi connectivity index (χ1v) is 8.39. The monoisotopic (exact) mass is 386 g/mol. The van der Waals surface area contributed by atoms with E-state index in [1.807, 2.05) is 0 Å². The van der Waals surface area contributed by atoms with Gasteiger partial charge in [0.1, 0.15) is 0 Å². The highest BCUT2D eigenvalue weighted by atomic mass is 16.5. The largest absolute Gasteiger partial charge is 0.478 e. The van der Waals surface area contributed by atoms with E-state index in [0.717, 1.165) is 0 Å². The van der Waals surface area contributed by atoms with Crippen molar-refractivity contribution in [2.24, 2.45) is 0 Å². The molecule has 0 saturated carbocycles. The standard InChI is InChI=1S/C20H18O8/c21-17(22)13-5-3-7-15(11-13)19(25)27-9-1-2-10-28-20(26)16-8-4-6-14(12-16)18(23)24/h3-8,11-12H,1-2,9-10H2,(H,21,22)(H,23,24). The summed E-state index contributed by atoms with van der Waals surface area (Å²) in [4.78, 5) is 45.6. The van der Waals surface area contributed by atoms with Gasteiger partial charge in [0.2, 0.25) is 0 Å². The molecule has 0 heterocycles. The molecule has 0 aromatic heterocycles. The molecule has 0 aliphatic heterocycles. The van der Waals surface area contributed by atoms with E-state index in [0.29, 0.717) is 12.8 Å². The maximum absolute atomic E-state index is 11.9. The molecule has 8 heteroatoms. The van der Waals surface area contributed by atoms with Crippen LogP contribution in [0, 0.1) is 0 Å². The van der Waals surface area contributed by atoms with Crippen LogP contribution in [0.5, 0.6) is 0 Å². The number of ether oxygens (including phenoxy) is 2. The van der Waals surface area contributed by atoms with Gasteiger partial charge in [0, 0.05) is 0 Å². The lowest BCUT2D eigenvalue weighted by Crippen LogP contribution is -2.10. The third-order valence-corrected chi connectivity index (χ3v) is 3.70. The molecule has 0 aliphatic carbocycles. The van der Waals surface area contributed by atoms with E-state index in [1.54, 1.807) is 0 Å². The number of carboxylic acid groups (broad SMARTS) is 2. The topological polar surface area (TPSA) is 127 Å². The Bertz CT molecular complexity index is 814. The number of unbranched alkanes of at least 4 members (excludes halogenated alkanes) is 1. The summed E-state index contributed by atoms with van der Waals surface area (Å²) in [6.07, 6.45) is 0.875. The van der Waals surface area contributed by atoms with Crippen LogP contribution in [0.1, 0.15) is 54.3 Å². The van der Waals surface area contributed by atoms with Gasteiger partial charge in [-0.05, 0) is 49.2 Å². The highest BCUT2D eigenvalue weighted by Gasteiger charge is 2.12. The van der Waals surface area contributed by atoms with Gasteiger partial charge < -0.3 is 19.7 Å². The molecule has 2 rings (SSSR count). The normalized spacial score (nSPS) is 10.1. The average molecular weight is 386 g/mol. The lowest BCUT2D eigenvalue weighted by Gasteiger charge is -2.07. The van der Waals surface area contributed by atoms with Crippen LogP contribution in [-0.2, 0) is 9.47 Å². The number of esters is 2. The number of carbonyl (C=O) groups excluding carboxylic acids is 2. The minimum Gasteiger partial charge on any atom is -0.478 e. The van der Waals surface area contributed by atoms with Gasteiger partial charge >= 0.3 is 23.9 Å². The highest BCUT2D eigenvalue weighted by Crippen LogP contribution is 2.09. The SMILES string of the molecule is O=C(O)c1cccc(C(=O)OCCCCOC(=O)c2cccc(C(=O)O)c2)c1. The maximum Gasteiger partial charge on any atom is 0.338 e. The van der Waals surface area contributed by atoms with E-state index in [9.17, 15) is 19.2 Å². The van der Waals surface area contributed by atoms with Crippen molar-refractivity contribution in [3.05, 3.63) is 70.8 Å². The summed E-state index contributed by atoms with van der Waals surface area (Å²) in [6.45, 7) is 0.171. The molecule has 0 fully saturated rings. The number of hydrogen-bond donors (Lipinski definition) is 2. The zero-order chi connectivity index (χ0) is 20.5. The van der Waals surface area contributed by atoms with Crippen molar-refractivity contribution < 1.29 is 38.9 Å². The van der Waals surface area contributed by atoms with Crippen LogP contribution >= 0.6 is 0 Å². The molecule has 0 spiro atoms. The molecule has 146 valence electrons. The summed E-state index contributed by atoms with van der Waals surface area (Å²) in [5, 5.41) is 17.8. The summed E-state index contributed by atoms with van der Waals surface area (Å²) in [5.74, 6) is -3.54. The molecule has 28 heavy (non-hydrogen) atoms. The number of carbonyl (C=O) groups is 4. The molecule has 2 aromatic rings. The van der Waals surface area contributed by atoms with Crippen LogP contribution in [0.15, 0.2) is 48.5 Å². The first-order valence-electron chi connectivity index (χ1n) is 8.39. The summed E-state index contributed by atoms with van der Waals surface area (Å²) in [6, 6.07) is 11.1. The smallest absolute Gasteiger partial charge is 0.338 e. The van der Waals surface area contributed by atoms with E-state index in [2.05, 4.69) is 0 Å². The second-order valence-electron chi connectivity index (χ2n) is 5.75. The molecule has 0 radical (unpaired) electrons. The zero-order valence-electron chi connectivity index (χ0n) is 14.8. The molecular formula is C20H18O8. The predicted octanol–water partition coefficient (Wildman–Crippen LogP) is 2.88. The number of aromatic carboxylic acids is 2. The van der Waals surface area contributed by atoms with Crippen molar-refractivity contribution in [1.82, 2.24) is 0 Å². The molecule has 8 nitrogen and oxygen atoms in total. The molecule has 0 bridgehead atoms. The summed E-state index contributed by atoms with van der Waals surface area (Å²) in [7, 11) is 0. The molecule has 2 N–H and O–H groups in total. The van der Waals surface area contributed by atoms with Crippen molar-refractivity contribution >= 4 is 23.9 Å². The van der Waals surface area contributed by atoms with Crippen molar-refractivity contribution in [3.63, 3.8) is 0 Å². The Morgan fingerprint density at radius 2 is 1.00 bits per heavy atom. The van der Waals surface area contributed by atoms with E-state index in [4.69, 9.17) is 19.7 Å². The number of benzene rings is 2. The maximum atomic E-state index is 11.9. The molecule has 0 aliphatic rings. The van der Waals surface area contributed by atoms with Crippen molar-refractivity contribution in [2.45, 2.75) is 12.8 Å². The van der Waals surface area contributed by atoms with Crippen molar-refractivity contribution in [3.8, 4) is 0 Å². The second kappa shape index (κ2) is 9.86. The van der Waals surface area contributed by atoms with Crippen LogP contribution in [0.3, 0.4) is 0 Å². The number of rotatable bonds is 9. The first kappa shape index (κ1) is 20.6. The highest BCUT2D eigenvalue weighted by molar-refractivity contribution is 5.95. The fourth-order valence-corrected chi connectivity index (χ4v) is 2.26. The van der Waals surface area contributed by atoms with Crippen LogP contribution in [0.25, 0.3) is 0 Å². The molecule has 2 aromatic carbocycles. The average Bonchev–Trinajstić information content (AvgIpc) is 2.70. The Hall–Kier alpha value is -3.68. The van der Waals surface area contributed by atoms with Gasteiger partial charge in [-0.25, -0.2) is 19.2 Å². The Morgan fingerprint density at radius 1 is 0.643 bits per heavy atom. The van der Waals surface area contributed by atoms with Crippen molar-refractivity contribution in [1.29, 1.82) is 0 Å². The summed E-state index contributed by atoms with van der Waals surface area (Å²) in [5.41, 5.74) is 0.274. The number of hydrogen-bond acceptors (Lipinski definition) is 6. The summed E-state index contributed by atoms with van der Waals surface area (Å²) < 4.78 is 10.1. The number of carboxylic acids is 2. The van der Waals surface area contributed by atoms with Gasteiger partial charge in [0.05, 0.1) is 35.5 Å². The van der Waals surface area contributed by atoms with E-state index in [-0.39, 0.29) is 35.5 Å². The molecule has 0 unspecified atom stereocenters. The molecular weight excluding hydrogens is 368 g/mol. The van der Waals surface area contributed by atoms with Crippen LogP contribution < -0.4 is 0 Å². The van der Waals surface area contributed by atoms with Gasteiger partial charge in [0.15, 0.2) is 0 Å². The Labute approximate surface area is 160 Å². The van der Waals surface area contributed by atoms with Gasteiger partial charge in [-0.3, -0.25) is 0 Å². The third-order valence-electron chi connectivity index (χ3n) is 3.70. The Morgan fingerprint density at radius 3 is 1.36 bits per heavy atom. The molecule has 0 atom stereocenters. The van der Waals surface area contributed by atoms with Gasteiger partial charge in [-0.2, -0.15) is 0 Å². The lowest BCUT2D eigenvalue weighted by molar-refractivity contribution is 0.0432. The van der Waals surface area contributed by atoms with Crippen LogP contribution in [-0.4, -0.2) is 47.3 Å². The van der Waals surface area contributed by atoms with E-state index >= 15 is 0 Å². The Balaban J connectivity index is 1.70. The van der Waals surface area contributed by atoms with Crippen LogP contribution in [0.4, 0.5) is 0 Å². The van der Waals surface area contributed by atoms with Crippen LogP contribution in [0.2, 0.25) is 0 Å². The molecule has 0 amide bonds.